The minimum Gasteiger partial charge on any atom is -0.369 e. The predicted molar refractivity (Wildman–Crippen MR) is 470 cm³/mol. The van der Waals surface area contributed by atoms with Crippen LogP contribution in [0.2, 0.25) is 0 Å². The molecule has 0 saturated heterocycles. The molecule has 5 aliphatic rings. The molecule has 21 heteroatoms. The first-order valence-corrected chi connectivity index (χ1v) is 44.2. The fourth-order valence-electron chi connectivity index (χ4n) is 12.3. The number of hydrogen-bond acceptors (Lipinski definition) is 14. The molecule has 7 amide bonds. The maximum absolute atomic E-state index is 12.3. The van der Waals surface area contributed by atoms with Crippen LogP contribution in [-0.2, 0) is 66.7 Å². The highest BCUT2D eigenvalue weighted by molar-refractivity contribution is 5.84. The van der Waals surface area contributed by atoms with E-state index in [1.165, 1.54) is 77.0 Å². The zero-order valence-electron chi connectivity index (χ0n) is 80.8. The fraction of sp³-hybridized carbons (Fsp3) is 0.925. The quantitative estimate of drug-likeness (QED) is 0.0330. The number of nitrogens with one attached hydrogen (secondary N) is 7. The third-order valence-electron chi connectivity index (χ3n) is 18.3. The zero-order valence-corrected chi connectivity index (χ0v) is 80.8. The van der Waals surface area contributed by atoms with Gasteiger partial charge in [0.15, 0.2) is 0 Å². The number of amides is 7. The van der Waals surface area contributed by atoms with Gasteiger partial charge < -0.3 is 70.4 Å². The van der Waals surface area contributed by atoms with Crippen molar-refractivity contribution in [3.63, 3.8) is 0 Å². The molecule has 5 aliphatic carbocycles. The minimum absolute atomic E-state index is 0.00993. The third kappa shape index (κ3) is 62.2. The van der Waals surface area contributed by atoms with Crippen molar-refractivity contribution in [3.8, 4) is 0 Å². The van der Waals surface area contributed by atoms with E-state index in [1.54, 1.807) is 0 Å². The van der Waals surface area contributed by atoms with Crippen LogP contribution in [0, 0.1) is 57.7 Å². The molecule has 0 spiro atoms. The summed E-state index contributed by atoms with van der Waals surface area (Å²) in [7, 11) is 0. The molecule has 0 bridgehead atoms. The maximum atomic E-state index is 12.3. The summed E-state index contributed by atoms with van der Waals surface area (Å²) >= 11 is 0. The molecule has 21 nitrogen and oxygen atoms in total. The summed E-state index contributed by atoms with van der Waals surface area (Å²) in [5, 5.41) is 20.9. The second-order valence-corrected chi connectivity index (χ2v) is 44.0. The smallest absolute Gasteiger partial charge is 0.250 e. The van der Waals surface area contributed by atoms with Gasteiger partial charge in [0, 0.05) is 71.8 Å². The van der Waals surface area contributed by atoms with E-state index in [0.717, 1.165) is 51.2 Å². The summed E-state index contributed by atoms with van der Waals surface area (Å²) in [6.45, 7) is 80.8. The summed E-state index contributed by atoms with van der Waals surface area (Å²) in [5.41, 5.74) is -1.31. The van der Waals surface area contributed by atoms with Gasteiger partial charge in [-0.2, -0.15) is 0 Å². The second kappa shape index (κ2) is 51.6. The molecule has 0 aromatic carbocycles. The van der Waals surface area contributed by atoms with Crippen molar-refractivity contribution < 1.29 is 66.7 Å². The Labute approximate surface area is 699 Å². The predicted octanol–water partition coefficient (Wildman–Crippen LogP) is 18.3. The van der Waals surface area contributed by atoms with Crippen LogP contribution in [0.3, 0.4) is 0 Å². The lowest BCUT2D eigenvalue weighted by Crippen LogP contribution is -2.50. The Balaban J connectivity index is 0. The average Bonchev–Trinajstić information content (AvgIpc) is 1.78. The lowest BCUT2D eigenvalue weighted by Gasteiger charge is -2.32. The first-order chi connectivity index (χ1) is 51.7. The average molecular weight is 1620 g/mol. The van der Waals surface area contributed by atoms with Gasteiger partial charge in [0.1, 0.15) is 42.7 Å². The van der Waals surface area contributed by atoms with Crippen molar-refractivity contribution in [1.29, 1.82) is 0 Å². The van der Waals surface area contributed by atoms with Gasteiger partial charge in [-0.1, -0.05) is 128 Å². The second-order valence-electron chi connectivity index (χ2n) is 44.0. The van der Waals surface area contributed by atoms with Crippen molar-refractivity contribution in [3.05, 3.63) is 0 Å². The van der Waals surface area contributed by atoms with Crippen LogP contribution in [0.15, 0.2) is 0 Å². The molecule has 9 atom stereocenters. The minimum atomic E-state index is -0.387. The Kier molecular flexibility index (Phi) is 50.7. The van der Waals surface area contributed by atoms with E-state index >= 15 is 0 Å². The largest absolute Gasteiger partial charge is 0.369 e. The standard InChI is InChI=1S/C16H29NO2.C15H29NO2.2C13H25NO2.C13H27NO2.C12H25NO2.C11H23NO2/c1-16(2,3)17-15(18)14(19-11-13-8-9-13)10-12-6-4-5-7-12;1-14(2,3)9-12(18-10-11-7-8-11)13(17)16-15(4,5)6;1-6-16-11(8-10-7-9(10)2)12(15)14-13(3,4)5;1-5-16-11(9-10-7-6-8-10)12(15)14-13(2,3)4;1-8-16-10(9-12(2,3)4)11(15)14-13(5,6)7;1-8-15-9(11(2,3)4)10(14)13-12(5,6)7;1-7-14-9(8(2)3)10(13)12-11(4,5)6/h12-14H,4-11H2,1-3H3,(H,17,18);11-12H,7-10H2,1-6H3,(H,16,17);9-11H,6-8H2,1-5H3,(H,14,15);10-11H,5-9H2,1-4H3,(H,14,15);10H,8-9H2,1-7H3,(H,14,15);9H,8H2,1-7H3,(H,13,14);8-9H,7H2,1-6H3,(H,12,13). The van der Waals surface area contributed by atoms with Crippen LogP contribution in [0.25, 0.3) is 0 Å². The molecule has 5 fully saturated rings. The maximum Gasteiger partial charge on any atom is 0.250 e. The van der Waals surface area contributed by atoms with E-state index in [-0.39, 0.29) is 145 Å². The van der Waals surface area contributed by atoms with Gasteiger partial charge in [-0.05, 0) is 302 Å². The van der Waals surface area contributed by atoms with Gasteiger partial charge in [0.05, 0.1) is 13.2 Å². The normalized spacial score (nSPS) is 18.8. The van der Waals surface area contributed by atoms with Crippen LogP contribution in [0.1, 0.15) is 372 Å². The number of carbonyl (C=O) groups excluding carboxylic acids is 7. The van der Waals surface area contributed by atoms with E-state index in [4.69, 9.17) is 33.2 Å². The van der Waals surface area contributed by atoms with Crippen LogP contribution < -0.4 is 37.2 Å². The van der Waals surface area contributed by atoms with Crippen LogP contribution in [0.4, 0.5) is 0 Å². The molecule has 5 rings (SSSR count). The van der Waals surface area contributed by atoms with Gasteiger partial charge in [0.2, 0.25) is 41.4 Å². The molecule has 0 aromatic rings. The third-order valence-corrected chi connectivity index (χ3v) is 18.3. The topological polar surface area (TPSA) is 268 Å². The molecule has 7 N–H and O–H groups in total. The Bertz CT molecular complexity index is 2650. The number of carbonyl (C=O) groups is 7. The molecule has 0 aromatic heterocycles. The summed E-state index contributed by atoms with van der Waals surface area (Å²) in [4.78, 5) is 84.3. The Morgan fingerprint density at radius 3 is 0.816 bits per heavy atom. The Hall–Kier alpha value is -3.99. The van der Waals surface area contributed by atoms with Crippen molar-refractivity contribution in [2.24, 2.45) is 57.7 Å². The molecular weight excluding hydrogens is 1440 g/mol. The van der Waals surface area contributed by atoms with E-state index in [1.807, 2.05) is 215 Å². The van der Waals surface area contributed by atoms with Crippen LogP contribution in [-0.4, -0.2) is 169 Å². The van der Waals surface area contributed by atoms with Gasteiger partial charge in [-0.3, -0.25) is 33.6 Å². The van der Waals surface area contributed by atoms with E-state index in [0.29, 0.717) is 62.6 Å². The molecule has 114 heavy (non-hydrogen) atoms. The first kappa shape index (κ1) is 112. The fourth-order valence-corrected chi connectivity index (χ4v) is 12.3. The van der Waals surface area contributed by atoms with Crippen LogP contribution >= 0.6 is 0 Å². The highest BCUT2D eigenvalue weighted by atomic mass is 16.5. The Morgan fingerprint density at radius 1 is 0.307 bits per heavy atom. The van der Waals surface area contributed by atoms with E-state index in [2.05, 4.69) is 85.7 Å². The highest BCUT2D eigenvalue weighted by Crippen LogP contribution is 2.42. The van der Waals surface area contributed by atoms with Crippen molar-refractivity contribution in [1.82, 2.24) is 37.2 Å². The van der Waals surface area contributed by atoms with Gasteiger partial charge in [-0.15, -0.1) is 0 Å². The molecule has 9 unspecified atom stereocenters. The van der Waals surface area contributed by atoms with E-state index < -0.39 is 0 Å². The van der Waals surface area contributed by atoms with Gasteiger partial charge in [-0.25, -0.2) is 0 Å². The number of hydrogen-bond donors (Lipinski definition) is 7. The molecule has 5 saturated carbocycles. The molecular formula is C93H183N7O14. The Morgan fingerprint density at radius 2 is 0.561 bits per heavy atom. The summed E-state index contributed by atoms with van der Waals surface area (Å²) < 4.78 is 39.3. The van der Waals surface area contributed by atoms with Crippen molar-refractivity contribution in [2.45, 2.75) is 454 Å². The van der Waals surface area contributed by atoms with Gasteiger partial charge >= 0.3 is 0 Å². The lowest BCUT2D eigenvalue weighted by molar-refractivity contribution is -0.141. The molecule has 0 radical (unpaired) electrons. The summed E-state index contributed by atoms with van der Waals surface area (Å²) in [5.74, 6) is 4.58. The zero-order chi connectivity index (χ0) is 89.0. The summed E-state index contributed by atoms with van der Waals surface area (Å²) in [6, 6.07) is 0. The van der Waals surface area contributed by atoms with Gasteiger partial charge in [0.25, 0.3) is 0 Å². The first-order valence-electron chi connectivity index (χ1n) is 44.2. The van der Waals surface area contributed by atoms with Crippen LogP contribution in [0.5, 0.6) is 0 Å². The lowest BCUT2D eigenvalue weighted by atomic mass is 9.81. The SMILES string of the molecule is CC(C)(C)CC(OCC1CC1)C(=O)NC(C)(C)C.CC(C)(C)NC(=O)C(CC1CCCC1)OCC1CC1.CCOC(C(=O)NC(C)(C)C)C(C)(C)C.CCOC(C(=O)NC(C)(C)C)C(C)C.CCOC(CC(C)(C)C)C(=O)NC(C)(C)C.CCOC(CC1CC1C)C(=O)NC(C)(C)C.CCOC(CC1CCC1)C(=O)NC(C)(C)C. The molecule has 0 aliphatic heterocycles. The monoisotopic (exact) mass is 1620 g/mol. The number of rotatable bonds is 32. The van der Waals surface area contributed by atoms with Crippen molar-refractivity contribution in [2.75, 3.05) is 46.2 Å². The van der Waals surface area contributed by atoms with Crippen molar-refractivity contribution >= 4 is 41.4 Å². The highest BCUT2D eigenvalue weighted by Gasteiger charge is 2.39. The number of ether oxygens (including phenoxy) is 7. The summed E-state index contributed by atoms with van der Waals surface area (Å²) in [6.07, 6.45) is 17.3. The molecule has 674 valence electrons. The van der Waals surface area contributed by atoms with E-state index in [9.17, 15) is 33.6 Å². The molecule has 0 heterocycles.